The first-order valence-corrected chi connectivity index (χ1v) is 8.93. The third-order valence-corrected chi connectivity index (χ3v) is 5.90. The van der Waals surface area contributed by atoms with Gasteiger partial charge in [0.1, 0.15) is 0 Å². The normalized spacial score (nSPS) is 13.3. The quantitative estimate of drug-likeness (QED) is 0.888. The third kappa shape index (κ3) is 3.91. The lowest BCUT2D eigenvalue weighted by Crippen LogP contribution is -2.22. The predicted octanol–water partition coefficient (Wildman–Crippen LogP) is 2.90. The van der Waals surface area contributed by atoms with Crippen LogP contribution in [0.25, 0.3) is 0 Å². The number of benzene rings is 1. The molecule has 0 saturated carbocycles. The molecule has 1 aromatic heterocycles. The molecular formula is C15H19NO3S2. The molecule has 0 bridgehead atoms. The summed E-state index contributed by atoms with van der Waals surface area (Å²) in [4.78, 5) is 2.40. The average molecular weight is 325 g/mol. The Labute approximate surface area is 129 Å². The highest BCUT2D eigenvalue weighted by molar-refractivity contribution is 7.89. The Bertz CT molecular complexity index is 696. The van der Waals surface area contributed by atoms with Gasteiger partial charge in [0.2, 0.25) is 10.0 Å². The molecule has 1 aromatic carbocycles. The summed E-state index contributed by atoms with van der Waals surface area (Å²) >= 11 is 1.60. The van der Waals surface area contributed by atoms with E-state index >= 15 is 0 Å². The Balaban J connectivity index is 2.11. The SMILES string of the molecule is Cc1cc(CNS(=O)(=O)c2ccc(C(C)O)cc2)sc1C. The number of aliphatic hydroxyl groups excluding tert-OH is 1. The molecule has 0 saturated heterocycles. The molecule has 0 amide bonds. The zero-order valence-electron chi connectivity index (χ0n) is 12.3. The second kappa shape index (κ2) is 6.27. The second-order valence-corrected chi connectivity index (χ2v) is 8.13. The Morgan fingerprint density at radius 3 is 2.33 bits per heavy atom. The summed E-state index contributed by atoms with van der Waals surface area (Å²) in [6, 6.07) is 8.26. The summed E-state index contributed by atoms with van der Waals surface area (Å²) in [5.74, 6) is 0. The maximum absolute atomic E-state index is 12.2. The smallest absolute Gasteiger partial charge is 0.240 e. The number of nitrogens with one attached hydrogen (secondary N) is 1. The molecule has 6 heteroatoms. The van der Waals surface area contributed by atoms with Crippen LogP contribution in [0.4, 0.5) is 0 Å². The molecule has 21 heavy (non-hydrogen) atoms. The molecule has 4 nitrogen and oxygen atoms in total. The largest absolute Gasteiger partial charge is 0.389 e. The van der Waals surface area contributed by atoms with Crippen LogP contribution in [0.2, 0.25) is 0 Å². The number of thiophene rings is 1. The Hall–Kier alpha value is -1.21. The molecule has 114 valence electrons. The molecule has 2 N–H and O–H groups in total. The van der Waals surface area contributed by atoms with Gasteiger partial charge in [-0.1, -0.05) is 12.1 Å². The zero-order chi connectivity index (χ0) is 15.6. The summed E-state index contributed by atoms with van der Waals surface area (Å²) in [7, 11) is -3.53. The summed E-state index contributed by atoms with van der Waals surface area (Å²) < 4.78 is 27.0. The van der Waals surface area contributed by atoms with Crippen LogP contribution in [0.1, 0.15) is 33.9 Å². The molecule has 2 rings (SSSR count). The number of sulfonamides is 1. The van der Waals surface area contributed by atoms with Crippen molar-refractivity contribution in [3.05, 3.63) is 51.2 Å². The lowest BCUT2D eigenvalue weighted by atomic mass is 10.1. The van der Waals surface area contributed by atoms with Gasteiger partial charge in [0.05, 0.1) is 11.0 Å². The average Bonchev–Trinajstić information content (AvgIpc) is 2.76. The highest BCUT2D eigenvalue weighted by atomic mass is 32.2. The summed E-state index contributed by atoms with van der Waals surface area (Å²) in [5.41, 5.74) is 1.87. The molecule has 0 aliphatic heterocycles. The monoisotopic (exact) mass is 325 g/mol. The molecule has 1 heterocycles. The van der Waals surface area contributed by atoms with Crippen molar-refractivity contribution in [3.8, 4) is 0 Å². The zero-order valence-corrected chi connectivity index (χ0v) is 13.9. The predicted molar refractivity (Wildman–Crippen MR) is 84.9 cm³/mol. The fraction of sp³-hybridized carbons (Fsp3) is 0.333. The van der Waals surface area contributed by atoms with Gasteiger partial charge >= 0.3 is 0 Å². The Morgan fingerprint density at radius 1 is 1.24 bits per heavy atom. The van der Waals surface area contributed by atoms with Crippen molar-refractivity contribution in [2.45, 2.75) is 38.3 Å². The van der Waals surface area contributed by atoms with Gasteiger partial charge in [0.25, 0.3) is 0 Å². The van der Waals surface area contributed by atoms with Crippen molar-refractivity contribution in [1.82, 2.24) is 4.72 Å². The van der Waals surface area contributed by atoms with E-state index in [-0.39, 0.29) is 4.90 Å². The van der Waals surface area contributed by atoms with Gasteiger partial charge in [-0.3, -0.25) is 0 Å². The fourth-order valence-electron chi connectivity index (χ4n) is 1.91. The summed E-state index contributed by atoms with van der Waals surface area (Å²) in [6.45, 7) is 5.97. The van der Waals surface area contributed by atoms with E-state index in [9.17, 15) is 13.5 Å². The van der Waals surface area contributed by atoms with Crippen molar-refractivity contribution in [2.24, 2.45) is 0 Å². The van der Waals surface area contributed by atoms with Crippen molar-refractivity contribution in [1.29, 1.82) is 0 Å². The fourth-order valence-corrected chi connectivity index (χ4v) is 4.00. The van der Waals surface area contributed by atoms with Gasteiger partial charge in [0.15, 0.2) is 0 Å². The topological polar surface area (TPSA) is 66.4 Å². The number of aliphatic hydroxyl groups is 1. The van der Waals surface area contributed by atoms with Crippen LogP contribution < -0.4 is 4.72 Å². The first kappa shape index (κ1) is 16.2. The minimum atomic E-state index is -3.53. The van der Waals surface area contributed by atoms with E-state index in [1.165, 1.54) is 22.6 Å². The van der Waals surface area contributed by atoms with Crippen molar-refractivity contribution >= 4 is 21.4 Å². The molecule has 0 spiro atoms. The van der Waals surface area contributed by atoms with Crippen LogP contribution in [0.3, 0.4) is 0 Å². The molecule has 0 aliphatic rings. The van der Waals surface area contributed by atoms with Crippen LogP contribution >= 0.6 is 11.3 Å². The molecular weight excluding hydrogens is 306 g/mol. The van der Waals surface area contributed by atoms with E-state index in [2.05, 4.69) is 4.72 Å². The second-order valence-electron chi connectivity index (χ2n) is 5.02. The van der Waals surface area contributed by atoms with Gasteiger partial charge in [-0.15, -0.1) is 11.3 Å². The van der Waals surface area contributed by atoms with E-state index in [0.717, 1.165) is 4.88 Å². The lowest BCUT2D eigenvalue weighted by Gasteiger charge is -2.08. The van der Waals surface area contributed by atoms with Gasteiger partial charge < -0.3 is 5.11 Å². The van der Waals surface area contributed by atoms with Crippen LogP contribution in [0, 0.1) is 13.8 Å². The maximum Gasteiger partial charge on any atom is 0.240 e. The van der Waals surface area contributed by atoms with Crippen molar-refractivity contribution in [2.75, 3.05) is 0 Å². The van der Waals surface area contributed by atoms with E-state index in [1.807, 2.05) is 19.9 Å². The molecule has 1 unspecified atom stereocenters. The minimum Gasteiger partial charge on any atom is -0.389 e. The van der Waals surface area contributed by atoms with E-state index in [0.29, 0.717) is 12.1 Å². The Kier molecular flexibility index (Phi) is 4.83. The summed E-state index contributed by atoms with van der Waals surface area (Å²) in [6.07, 6.45) is -0.605. The first-order valence-electron chi connectivity index (χ1n) is 6.63. The van der Waals surface area contributed by atoms with E-state index < -0.39 is 16.1 Å². The van der Waals surface area contributed by atoms with Gasteiger partial charge in [0, 0.05) is 16.3 Å². The van der Waals surface area contributed by atoms with E-state index in [4.69, 9.17) is 0 Å². The number of aryl methyl sites for hydroxylation is 2. The lowest BCUT2D eigenvalue weighted by molar-refractivity contribution is 0.199. The van der Waals surface area contributed by atoms with Gasteiger partial charge in [-0.05, 0) is 50.1 Å². The molecule has 0 radical (unpaired) electrons. The number of hydrogen-bond donors (Lipinski definition) is 2. The van der Waals surface area contributed by atoms with Gasteiger partial charge in [-0.2, -0.15) is 0 Å². The number of hydrogen-bond acceptors (Lipinski definition) is 4. The van der Waals surface area contributed by atoms with Crippen LogP contribution in [0.5, 0.6) is 0 Å². The third-order valence-electron chi connectivity index (χ3n) is 3.33. The van der Waals surface area contributed by atoms with Crippen molar-refractivity contribution < 1.29 is 13.5 Å². The molecule has 2 aromatic rings. The van der Waals surface area contributed by atoms with Crippen LogP contribution in [-0.2, 0) is 16.6 Å². The molecule has 0 aliphatic carbocycles. The standard InChI is InChI=1S/C15H19NO3S2/c1-10-8-14(20-12(10)3)9-16-21(18,19)15-6-4-13(5-7-15)11(2)17/h4-8,11,16-17H,9H2,1-3H3. The van der Waals surface area contributed by atoms with E-state index in [1.54, 1.807) is 30.4 Å². The molecule has 1 atom stereocenters. The van der Waals surface area contributed by atoms with Crippen LogP contribution in [-0.4, -0.2) is 13.5 Å². The molecule has 0 fully saturated rings. The summed E-state index contributed by atoms with van der Waals surface area (Å²) in [5, 5.41) is 9.43. The highest BCUT2D eigenvalue weighted by Gasteiger charge is 2.15. The highest BCUT2D eigenvalue weighted by Crippen LogP contribution is 2.21. The van der Waals surface area contributed by atoms with Crippen LogP contribution in [0.15, 0.2) is 35.2 Å². The van der Waals surface area contributed by atoms with Gasteiger partial charge in [-0.25, -0.2) is 13.1 Å². The Morgan fingerprint density at radius 2 is 1.86 bits per heavy atom. The number of rotatable bonds is 5. The first-order chi connectivity index (χ1) is 9.79. The van der Waals surface area contributed by atoms with Crippen molar-refractivity contribution in [3.63, 3.8) is 0 Å². The maximum atomic E-state index is 12.2. The minimum absolute atomic E-state index is 0.205.